The topological polar surface area (TPSA) is 77.2 Å². The molecule has 1 saturated carbocycles. The monoisotopic (exact) mass is 285 g/mol. The van der Waals surface area contributed by atoms with E-state index in [4.69, 9.17) is 10.5 Å². The first kappa shape index (κ1) is 12.8. The molecule has 0 amide bonds. The molecule has 110 valence electrons. The lowest BCUT2D eigenvalue weighted by atomic mass is 9.90. The van der Waals surface area contributed by atoms with Gasteiger partial charge in [0.05, 0.1) is 24.1 Å². The molecule has 1 aliphatic heterocycles. The van der Waals surface area contributed by atoms with Gasteiger partial charge in [-0.15, -0.1) is 0 Å². The average Bonchev–Trinajstić information content (AvgIpc) is 2.53. The summed E-state index contributed by atoms with van der Waals surface area (Å²) in [6.07, 6.45) is 6.75. The van der Waals surface area contributed by atoms with Crippen LogP contribution >= 0.6 is 0 Å². The zero-order valence-electron chi connectivity index (χ0n) is 11.9. The molecule has 0 spiro atoms. The van der Waals surface area contributed by atoms with Gasteiger partial charge in [-0.25, -0.2) is 15.0 Å². The number of hydrogen-bond acceptors (Lipinski definition) is 6. The van der Waals surface area contributed by atoms with Crippen molar-refractivity contribution in [2.75, 3.05) is 23.8 Å². The van der Waals surface area contributed by atoms with Crippen LogP contribution in [0.1, 0.15) is 25.7 Å². The van der Waals surface area contributed by atoms with Crippen molar-refractivity contribution in [3.05, 3.63) is 18.5 Å². The summed E-state index contributed by atoms with van der Waals surface area (Å²) in [7, 11) is 0. The van der Waals surface area contributed by atoms with Crippen molar-refractivity contribution < 1.29 is 4.74 Å². The maximum Gasteiger partial charge on any atom is 0.166 e. The second kappa shape index (κ2) is 5.11. The van der Waals surface area contributed by atoms with Crippen molar-refractivity contribution >= 4 is 22.7 Å². The lowest BCUT2D eigenvalue weighted by Crippen LogP contribution is -2.53. The average molecular weight is 285 g/mol. The molecule has 1 aliphatic carbocycles. The molecule has 6 nitrogen and oxygen atoms in total. The van der Waals surface area contributed by atoms with Crippen LogP contribution in [0.4, 0.5) is 11.6 Å². The van der Waals surface area contributed by atoms with Crippen molar-refractivity contribution in [2.45, 2.75) is 37.8 Å². The van der Waals surface area contributed by atoms with Gasteiger partial charge in [0, 0.05) is 6.54 Å². The minimum Gasteiger partial charge on any atom is -0.384 e. The van der Waals surface area contributed by atoms with Crippen molar-refractivity contribution in [2.24, 2.45) is 0 Å². The number of rotatable bonds is 1. The van der Waals surface area contributed by atoms with Gasteiger partial charge in [0.15, 0.2) is 5.65 Å². The Morgan fingerprint density at radius 1 is 1.19 bits per heavy atom. The molecule has 2 N–H and O–H groups in total. The van der Waals surface area contributed by atoms with E-state index in [0.717, 1.165) is 30.8 Å². The highest BCUT2D eigenvalue weighted by Crippen LogP contribution is 2.33. The molecule has 2 aromatic rings. The van der Waals surface area contributed by atoms with Gasteiger partial charge in [-0.3, -0.25) is 0 Å². The van der Waals surface area contributed by atoms with Crippen LogP contribution in [0, 0.1) is 0 Å². The number of ether oxygens (including phenoxy) is 1. The summed E-state index contributed by atoms with van der Waals surface area (Å²) in [5.41, 5.74) is 6.42. The number of nitrogen functional groups attached to an aromatic ring is 1. The Bertz CT molecular complexity index is 660. The molecule has 6 heteroatoms. The molecule has 21 heavy (non-hydrogen) atoms. The van der Waals surface area contributed by atoms with Crippen LogP contribution < -0.4 is 10.6 Å². The van der Waals surface area contributed by atoms with Crippen molar-refractivity contribution in [3.63, 3.8) is 0 Å². The van der Waals surface area contributed by atoms with Crippen LogP contribution in [-0.4, -0.2) is 40.2 Å². The summed E-state index contributed by atoms with van der Waals surface area (Å²) >= 11 is 0. The second-order valence-electron chi connectivity index (χ2n) is 5.76. The predicted octanol–water partition coefficient (Wildman–Crippen LogP) is 1.75. The van der Waals surface area contributed by atoms with Crippen LogP contribution in [0.15, 0.2) is 18.5 Å². The number of nitrogens with two attached hydrogens (primary N) is 1. The number of nitrogens with zero attached hydrogens (tertiary/aromatic N) is 4. The Morgan fingerprint density at radius 3 is 3.05 bits per heavy atom. The number of fused-ring (bicyclic) bond motifs is 2. The number of hydrogen-bond donors (Lipinski definition) is 1. The summed E-state index contributed by atoms with van der Waals surface area (Å²) in [4.78, 5) is 15.5. The normalized spacial score (nSPS) is 25.8. The van der Waals surface area contributed by atoms with E-state index in [-0.39, 0.29) is 0 Å². The number of anilines is 2. The van der Waals surface area contributed by atoms with Crippen molar-refractivity contribution in [3.8, 4) is 0 Å². The van der Waals surface area contributed by atoms with Crippen LogP contribution in [0.2, 0.25) is 0 Å². The summed E-state index contributed by atoms with van der Waals surface area (Å²) in [6.45, 7) is 1.63. The van der Waals surface area contributed by atoms with E-state index >= 15 is 0 Å². The van der Waals surface area contributed by atoms with Gasteiger partial charge in [0.1, 0.15) is 18.0 Å². The van der Waals surface area contributed by atoms with Gasteiger partial charge in [-0.1, -0.05) is 12.8 Å². The number of pyridine rings is 1. The predicted molar refractivity (Wildman–Crippen MR) is 81.1 cm³/mol. The minimum absolute atomic E-state index is 0.333. The zero-order valence-corrected chi connectivity index (χ0v) is 11.9. The Kier molecular flexibility index (Phi) is 3.11. The first-order valence-corrected chi connectivity index (χ1v) is 7.58. The highest BCUT2D eigenvalue weighted by Gasteiger charge is 2.35. The molecule has 2 atom stereocenters. The Balaban J connectivity index is 1.78. The summed E-state index contributed by atoms with van der Waals surface area (Å²) in [5.74, 6) is 1.46. The number of aromatic nitrogens is 3. The van der Waals surface area contributed by atoms with Crippen molar-refractivity contribution in [1.29, 1.82) is 0 Å². The maximum atomic E-state index is 5.94. The third-order valence-electron chi connectivity index (χ3n) is 4.50. The van der Waals surface area contributed by atoms with E-state index in [2.05, 4.69) is 19.9 Å². The van der Waals surface area contributed by atoms with Crippen LogP contribution in [0.3, 0.4) is 0 Å². The molecule has 2 fully saturated rings. The Morgan fingerprint density at radius 2 is 2.10 bits per heavy atom. The SMILES string of the molecule is Nc1ccc2c(N3CCO[C@@H]4CCCC[C@H]43)ncnc2n1. The fourth-order valence-corrected chi connectivity index (χ4v) is 3.53. The Labute approximate surface area is 123 Å². The molecule has 1 saturated heterocycles. The highest BCUT2D eigenvalue weighted by molar-refractivity contribution is 5.87. The quantitative estimate of drug-likeness (QED) is 0.860. The summed E-state index contributed by atoms with van der Waals surface area (Å²) in [6, 6.07) is 4.21. The molecule has 0 radical (unpaired) electrons. The molecular formula is C15H19N5O. The van der Waals surface area contributed by atoms with Gasteiger partial charge < -0.3 is 15.4 Å². The van der Waals surface area contributed by atoms with Crippen LogP contribution in [0.5, 0.6) is 0 Å². The largest absolute Gasteiger partial charge is 0.384 e. The summed E-state index contributed by atoms with van der Waals surface area (Å²) in [5, 5.41) is 0.970. The van der Waals surface area contributed by atoms with Crippen molar-refractivity contribution in [1.82, 2.24) is 15.0 Å². The fourth-order valence-electron chi connectivity index (χ4n) is 3.53. The first-order chi connectivity index (χ1) is 10.3. The standard InChI is InChI=1S/C15H19N5O/c16-13-6-5-10-14(19-13)17-9-18-15(10)20-7-8-21-12-4-2-1-3-11(12)20/h5-6,9,11-12H,1-4,7-8H2,(H2,16,17,18,19)/t11-,12-/m1/s1. The van der Waals surface area contributed by atoms with E-state index in [0.29, 0.717) is 23.6 Å². The van der Waals surface area contributed by atoms with E-state index in [1.54, 1.807) is 6.33 Å². The van der Waals surface area contributed by atoms with E-state index in [1.165, 1.54) is 19.3 Å². The van der Waals surface area contributed by atoms with Gasteiger partial charge >= 0.3 is 0 Å². The van der Waals surface area contributed by atoms with Gasteiger partial charge in [0.25, 0.3) is 0 Å². The third kappa shape index (κ3) is 2.19. The lowest BCUT2D eigenvalue weighted by Gasteiger charge is -2.44. The minimum atomic E-state index is 0.333. The molecule has 0 bridgehead atoms. The number of morpholine rings is 1. The van der Waals surface area contributed by atoms with E-state index < -0.39 is 0 Å². The first-order valence-electron chi connectivity index (χ1n) is 7.58. The summed E-state index contributed by atoms with van der Waals surface area (Å²) < 4.78 is 5.94. The maximum absolute atomic E-state index is 5.94. The molecule has 0 aromatic carbocycles. The highest BCUT2D eigenvalue weighted by atomic mass is 16.5. The molecular weight excluding hydrogens is 266 g/mol. The molecule has 0 unspecified atom stereocenters. The van der Waals surface area contributed by atoms with Gasteiger partial charge in [0.2, 0.25) is 0 Å². The smallest absolute Gasteiger partial charge is 0.166 e. The van der Waals surface area contributed by atoms with Gasteiger partial charge in [-0.05, 0) is 25.0 Å². The van der Waals surface area contributed by atoms with E-state index in [9.17, 15) is 0 Å². The molecule has 4 rings (SSSR count). The van der Waals surface area contributed by atoms with Crippen LogP contribution in [0.25, 0.3) is 11.0 Å². The third-order valence-corrected chi connectivity index (χ3v) is 4.50. The molecule has 2 aliphatic rings. The van der Waals surface area contributed by atoms with Gasteiger partial charge in [-0.2, -0.15) is 0 Å². The van der Waals surface area contributed by atoms with E-state index in [1.807, 2.05) is 12.1 Å². The zero-order chi connectivity index (χ0) is 14.2. The van der Waals surface area contributed by atoms with Crippen LogP contribution in [-0.2, 0) is 4.74 Å². The lowest BCUT2D eigenvalue weighted by molar-refractivity contribution is -0.00887. The molecule has 3 heterocycles. The Hall–Kier alpha value is -1.95. The molecule has 2 aromatic heterocycles. The fraction of sp³-hybridized carbons (Fsp3) is 0.533. The second-order valence-corrected chi connectivity index (χ2v) is 5.76.